The molecular weight excluding hydrogens is 371 g/mol. The molecule has 2 aliphatic rings. The average Bonchev–Trinajstić information content (AvgIpc) is 3.15. The fourth-order valence-electron chi connectivity index (χ4n) is 4.16. The van der Waals surface area contributed by atoms with Crippen molar-refractivity contribution in [1.29, 1.82) is 0 Å². The number of halogens is 3. The van der Waals surface area contributed by atoms with E-state index < -0.39 is 17.9 Å². The number of aromatic nitrogens is 2. The van der Waals surface area contributed by atoms with Gasteiger partial charge in [-0.3, -0.25) is 4.68 Å². The third kappa shape index (κ3) is 3.29. The van der Waals surface area contributed by atoms with E-state index >= 15 is 0 Å². The van der Waals surface area contributed by atoms with E-state index in [0.29, 0.717) is 13.1 Å². The fourth-order valence-corrected chi connectivity index (χ4v) is 4.16. The number of nitrogens with one attached hydrogen (secondary N) is 1. The standard InChI is InChI=1S/C19H22F3N5O/c1-2-27-17(19(20,21)22)15(11-23-27)24-18(28)25-8-5-9-26-14(12-25)10-13-6-3-4-7-16(13)26/h3-4,6-7,11,14H,2,5,8-10,12H2,1H3,(H,24,28). The van der Waals surface area contributed by atoms with Crippen molar-refractivity contribution in [3.8, 4) is 0 Å². The third-order valence-electron chi connectivity index (χ3n) is 5.39. The van der Waals surface area contributed by atoms with Crippen LogP contribution in [0.3, 0.4) is 0 Å². The van der Waals surface area contributed by atoms with Crippen molar-refractivity contribution < 1.29 is 18.0 Å². The minimum atomic E-state index is -4.59. The number of rotatable bonds is 2. The summed E-state index contributed by atoms with van der Waals surface area (Å²) in [6.45, 7) is 3.46. The number of para-hydroxylation sites is 1. The van der Waals surface area contributed by atoms with Crippen molar-refractivity contribution in [3.63, 3.8) is 0 Å². The van der Waals surface area contributed by atoms with Gasteiger partial charge in [0.25, 0.3) is 0 Å². The number of aryl methyl sites for hydroxylation is 1. The molecule has 2 aliphatic heterocycles. The Kier molecular flexibility index (Phi) is 4.68. The van der Waals surface area contributed by atoms with Gasteiger partial charge in [-0.05, 0) is 31.4 Å². The molecule has 1 atom stereocenters. The lowest BCUT2D eigenvalue weighted by molar-refractivity contribution is -0.143. The summed E-state index contributed by atoms with van der Waals surface area (Å²) in [6, 6.07) is 7.80. The van der Waals surface area contributed by atoms with Crippen molar-refractivity contribution in [1.82, 2.24) is 14.7 Å². The van der Waals surface area contributed by atoms with Crippen LogP contribution in [0.4, 0.5) is 29.3 Å². The molecule has 2 amide bonds. The molecule has 9 heteroatoms. The van der Waals surface area contributed by atoms with Crippen molar-refractivity contribution in [3.05, 3.63) is 41.7 Å². The van der Waals surface area contributed by atoms with Crippen LogP contribution >= 0.6 is 0 Å². The number of hydrogen-bond acceptors (Lipinski definition) is 3. The van der Waals surface area contributed by atoms with Crippen LogP contribution in [0.1, 0.15) is 24.6 Å². The quantitative estimate of drug-likeness (QED) is 0.849. The highest BCUT2D eigenvalue weighted by molar-refractivity contribution is 5.90. The molecule has 0 radical (unpaired) electrons. The summed E-state index contributed by atoms with van der Waals surface area (Å²) < 4.78 is 41.0. The number of carbonyl (C=O) groups excluding carboxylic acids is 1. The Hall–Kier alpha value is -2.71. The third-order valence-corrected chi connectivity index (χ3v) is 5.39. The monoisotopic (exact) mass is 393 g/mol. The number of urea groups is 1. The highest BCUT2D eigenvalue weighted by atomic mass is 19.4. The number of nitrogens with zero attached hydrogens (tertiary/aromatic N) is 4. The maximum atomic E-state index is 13.4. The average molecular weight is 393 g/mol. The lowest BCUT2D eigenvalue weighted by Crippen LogP contribution is -2.43. The molecule has 2 aromatic rings. The molecular formula is C19H22F3N5O. The number of fused-ring (bicyclic) bond motifs is 3. The van der Waals surface area contributed by atoms with E-state index in [2.05, 4.69) is 27.4 Å². The van der Waals surface area contributed by atoms with Crippen LogP contribution in [0, 0.1) is 0 Å². The van der Waals surface area contributed by atoms with Gasteiger partial charge in [0.05, 0.1) is 17.9 Å². The maximum absolute atomic E-state index is 13.4. The molecule has 4 rings (SSSR count). The Morgan fingerprint density at radius 3 is 2.82 bits per heavy atom. The number of benzene rings is 1. The van der Waals surface area contributed by atoms with Gasteiger partial charge in [0, 0.05) is 31.9 Å². The van der Waals surface area contributed by atoms with Crippen LogP contribution in [0.5, 0.6) is 0 Å². The van der Waals surface area contributed by atoms with Gasteiger partial charge in [0.15, 0.2) is 5.69 Å². The van der Waals surface area contributed by atoms with Crippen molar-refractivity contribution in [2.24, 2.45) is 0 Å². The largest absolute Gasteiger partial charge is 0.435 e. The highest BCUT2D eigenvalue weighted by Gasteiger charge is 2.39. The summed E-state index contributed by atoms with van der Waals surface area (Å²) in [4.78, 5) is 16.7. The summed E-state index contributed by atoms with van der Waals surface area (Å²) in [5.41, 5.74) is 1.22. The van der Waals surface area contributed by atoms with Gasteiger partial charge < -0.3 is 15.1 Å². The zero-order chi connectivity index (χ0) is 19.9. The maximum Gasteiger partial charge on any atom is 0.435 e. The first-order valence-corrected chi connectivity index (χ1v) is 9.42. The lowest BCUT2D eigenvalue weighted by Gasteiger charge is -2.27. The minimum Gasteiger partial charge on any atom is -0.366 e. The Morgan fingerprint density at radius 1 is 1.29 bits per heavy atom. The summed E-state index contributed by atoms with van der Waals surface area (Å²) in [5, 5.41) is 6.19. The molecule has 0 spiro atoms. The summed E-state index contributed by atoms with van der Waals surface area (Å²) >= 11 is 0. The van der Waals surface area contributed by atoms with E-state index in [4.69, 9.17) is 0 Å². The van der Waals surface area contributed by atoms with E-state index in [9.17, 15) is 18.0 Å². The predicted octanol–water partition coefficient (Wildman–Crippen LogP) is 3.59. The highest BCUT2D eigenvalue weighted by Crippen LogP contribution is 2.36. The van der Waals surface area contributed by atoms with Crippen LogP contribution in [-0.4, -0.2) is 46.4 Å². The summed E-state index contributed by atoms with van der Waals surface area (Å²) in [7, 11) is 0. The number of carbonyl (C=O) groups is 1. The molecule has 0 saturated carbocycles. The number of hydrogen-bond donors (Lipinski definition) is 1. The zero-order valence-corrected chi connectivity index (χ0v) is 15.5. The molecule has 0 aliphatic carbocycles. The van der Waals surface area contributed by atoms with Gasteiger partial charge >= 0.3 is 12.2 Å². The summed E-state index contributed by atoms with van der Waals surface area (Å²) in [6.07, 6.45) is -1.92. The molecule has 28 heavy (non-hydrogen) atoms. The molecule has 1 aromatic heterocycles. The minimum absolute atomic E-state index is 0.0731. The van der Waals surface area contributed by atoms with E-state index in [1.165, 1.54) is 11.3 Å². The van der Waals surface area contributed by atoms with Crippen LogP contribution in [-0.2, 0) is 19.1 Å². The van der Waals surface area contributed by atoms with Crippen molar-refractivity contribution in [2.45, 2.75) is 38.5 Å². The number of anilines is 2. The Morgan fingerprint density at radius 2 is 2.07 bits per heavy atom. The van der Waals surface area contributed by atoms with Gasteiger partial charge in [-0.15, -0.1) is 0 Å². The first kappa shape index (κ1) is 18.6. The normalized spacial score (nSPS) is 19.2. The van der Waals surface area contributed by atoms with Crippen molar-refractivity contribution >= 4 is 17.4 Å². The van der Waals surface area contributed by atoms with Gasteiger partial charge in [0.1, 0.15) is 0 Å². The van der Waals surface area contributed by atoms with E-state index in [0.717, 1.165) is 30.3 Å². The van der Waals surface area contributed by atoms with Gasteiger partial charge in [-0.2, -0.15) is 18.3 Å². The summed E-state index contributed by atoms with van der Waals surface area (Å²) in [5.74, 6) is 0. The molecule has 3 heterocycles. The zero-order valence-electron chi connectivity index (χ0n) is 15.5. The Labute approximate surface area is 160 Å². The first-order valence-electron chi connectivity index (χ1n) is 9.42. The topological polar surface area (TPSA) is 53.4 Å². The first-order chi connectivity index (χ1) is 13.4. The Balaban J connectivity index is 1.51. The smallest absolute Gasteiger partial charge is 0.366 e. The Bertz CT molecular complexity index is 879. The molecule has 150 valence electrons. The van der Waals surface area contributed by atoms with E-state index in [1.807, 2.05) is 12.1 Å². The molecule has 1 fully saturated rings. The second kappa shape index (κ2) is 7.03. The molecule has 1 aromatic carbocycles. The second-order valence-corrected chi connectivity index (χ2v) is 7.13. The molecule has 1 N–H and O–H groups in total. The number of amides is 2. The van der Waals surface area contributed by atoms with Crippen LogP contribution in [0.15, 0.2) is 30.5 Å². The van der Waals surface area contributed by atoms with Gasteiger partial charge in [0.2, 0.25) is 0 Å². The molecule has 1 unspecified atom stereocenters. The molecule has 1 saturated heterocycles. The van der Waals surface area contributed by atoms with Gasteiger partial charge in [-0.1, -0.05) is 18.2 Å². The second-order valence-electron chi connectivity index (χ2n) is 7.13. The molecule has 6 nitrogen and oxygen atoms in total. The SMILES string of the molecule is CCn1ncc(NC(=O)N2CCCN3c4ccccc4CC3C2)c1C(F)(F)F. The van der Waals surface area contributed by atoms with Crippen LogP contribution in [0.25, 0.3) is 0 Å². The van der Waals surface area contributed by atoms with Crippen LogP contribution in [0.2, 0.25) is 0 Å². The fraction of sp³-hybridized carbons (Fsp3) is 0.474. The molecule has 0 bridgehead atoms. The van der Waals surface area contributed by atoms with Gasteiger partial charge in [-0.25, -0.2) is 4.79 Å². The predicted molar refractivity (Wildman–Crippen MR) is 99.4 cm³/mol. The lowest BCUT2D eigenvalue weighted by atomic mass is 10.1. The van der Waals surface area contributed by atoms with E-state index in [-0.39, 0.29) is 18.3 Å². The van der Waals surface area contributed by atoms with Crippen LogP contribution < -0.4 is 10.2 Å². The van der Waals surface area contributed by atoms with Crippen molar-refractivity contribution in [2.75, 3.05) is 29.9 Å². The number of alkyl halides is 3. The van der Waals surface area contributed by atoms with E-state index in [1.54, 1.807) is 11.8 Å².